The van der Waals surface area contributed by atoms with Gasteiger partial charge in [0, 0.05) is 37.4 Å². The summed E-state index contributed by atoms with van der Waals surface area (Å²) in [5.41, 5.74) is 3.69. The molecule has 0 saturated carbocycles. The van der Waals surface area contributed by atoms with Gasteiger partial charge in [-0.1, -0.05) is 6.07 Å². The van der Waals surface area contributed by atoms with Crippen LogP contribution >= 0.6 is 0 Å². The Morgan fingerprint density at radius 3 is 2.72 bits per heavy atom. The summed E-state index contributed by atoms with van der Waals surface area (Å²) in [6.45, 7) is 9.29. The predicted molar refractivity (Wildman–Crippen MR) is 108 cm³/mol. The number of benzene rings is 1. The summed E-state index contributed by atoms with van der Waals surface area (Å²) in [7, 11) is 0. The fourth-order valence-corrected chi connectivity index (χ4v) is 3.78. The van der Waals surface area contributed by atoms with Gasteiger partial charge in [0.15, 0.2) is 0 Å². The molecule has 2 aromatic heterocycles. The molecule has 9 heteroatoms. The van der Waals surface area contributed by atoms with Crippen molar-refractivity contribution in [2.45, 2.75) is 26.8 Å². The third kappa shape index (κ3) is 4.51. The highest BCUT2D eigenvalue weighted by molar-refractivity contribution is 5.94. The van der Waals surface area contributed by atoms with Crippen LogP contribution < -0.4 is 0 Å². The predicted octanol–water partition coefficient (Wildman–Crippen LogP) is 1.32. The van der Waals surface area contributed by atoms with Crippen molar-refractivity contribution in [2.75, 3.05) is 32.7 Å². The van der Waals surface area contributed by atoms with Crippen LogP contribution in [0.25, 0.3) is 5.69 Å². The molecule has 1 aliphatic heterocycles. The topological polar surface area (TPSA) is 85.0 Å². The quantitative estimate of drug-likeness (QED) is 0.649. The minimum absolute atomic E-state index is 0.0559. The molecule has 1 aromatic carbocycles. The van der Waals surface area contributed by atoms with E-state index in [1.54, 1.807) is 4.68 Å². The second-order valence-electron chi connectivity index (χ2n) is 7.44. The van der Waals surface area contributed by atoms with Gasteiger partial charge in [0.25, 0.3) is 5.91 Å². The zero-order valence-corrected chi connectivity index (χ0v) is 16.9. The molecule has 0 N–H and O–H groups in total. The first kappa shape index (κ1) is 19.3. The first-order chi connectivity index (χ1) is 14.1. The SMILES string of the molecule is Cc1cc(C)n(CCN2CCCN(C(=O)c3cccc(-n4cnnn4)c3)CC2)n1. The van der Waals surface area contributed by atoms with E-state index in [4.69, 9.17) is 0 Å². The minimum atomic E-state index is 0.0559. The zero-order valence-electron chi connectivity index (χ0n) is 16.9. The maximum atomic E-state index is 13.0. The maximum absolute atomic E-state index is 13.0. The molecule has 0 bridgehead atoms. The van der Waals surface area contributed by atoms with Crippen molar-refractivity contribution in [1.29, 1.82) is 0 Å². The molecule has 0 atom stereocenters. The molecule has 0 aliphatic carbocycles. The van der Waals surface area contributed by atoms with E-state index in [1.807, 2.05) is 36.1 Å². The molecular weight excluding hydrogens is 368 g/mol. The van der Waals surface area contributed by atoms with Gasteiger partial charge in [0.1, 0.15) is 6.33 Å². The van der Waals surface area contributed by atoms with E-state index in [0.29, 0.717) is 5.56 Å². The molecule has 4 rings (SSSR count). The molecule has 0 radical (unpaired) electrons. The van der Waals surface area contributed by atoms with Crippen molar-refractivity contribution in [3.05, 3.63) is 53.6 Å². The first-order valence-corrected chi connectivity index (χ1v) is 9.96. The Morgan fingerprint density at radius 2 is 1.97 bits per heavy atom. The number of amides is 1. The van der Waals surface area contributed by atoms with Crippen LogP contribution in [0.5, 0.6) is 0 Å². The molecule has 9 nitrogen and oxygen atoms in total. The average molecular weight is 394 g/mol. The Bertz CT molecular complexity index is 965. The van der Waals surface area contributed by atoms with Gasteiger partial charge in [-0.3, -0.25) is 14.4 Å². The third-order valence-corrected chi connectivity index (χ3v) is 5.31. The number of hydrogen-bond donors (Lipinski definition) is 0. The van der Waals surface area contributed by atoms with Gasteiger partial charge in [-0.05, 0) is 61.5 Å². The number of nitrogens with zero attached hydrogens (tertiary/aromatic N) is 8. The molecule has 1 fully saturated rings. The van der Waals surface area contributed by atoms with Crippen molar-refractivity contribution in [3.8, 4) is 5.69 Å². The summed E-state index contributed by atoms with van der Waals surface area (Å²) in [5.74, 6) is 0.0559. The fourth-order valence-electron chi connectivity index (χ4n) is 3.78. The number of rotatable bonds is 5. The number of carbonyl (C=O) groups excluding carboxylic acids is 1. The van der Waals surface area contributed by atoms with Gasteiger partial charge in [-0.25, -0.2) is 4.68 Å². The lowest BCUT2D eigenvalue weighted by molar-refractivity contribution is 0.0761. The summed E-state index contributed by atoms with van der Waals surface area (Å²) < 4.78 is 3.62. The largest absolute Gasteiger partial charge is 0.337 e. The summed E-state index contributed by atoms with van der Waals surface area (Å²) in [4.78, 5) is 17.4. The van der Waals surface area contributed by atoms with Crippen LogP contribution in [0.15, 0.2) is 36.7 Å². The monoisotopic (exact) mass is 394 g/mol. The minimum Gasteiger partial charge on any atom is -0.337 e. The summed E-state index contributed by atoms with van der Waals surface area (Å²) in [6.07, 6.45) is 2.49. The fraction of sp³-hybridized carbons (Fsp3) is 0.450. The maximum Gasteiger partial charge on any atom is 0.253 e. The summed E-state index contributed by atoms with van der Waals surface area (Å²) in [5, 5.41) is 15.7. The third-order valence-electron chi connectivity index (χ3n) is 5.31. The number of hydrogen-bond acceptors (Lipinski definition) is 6. The molecule has 29 heavy (non-hydrogen) atoms. The van der Waals surface area contributed by atoms with Crippen molar-refractivity contribution in [2.24, 2.45) is 0 Å². The zero-order chi connectivity index (χ0) is 20.2. The Hall–Kier alpha value is -3.07. The second kappa shape index (κ2) is 8.52. The van der Waals surface area contributed by atoms with Crippen LogP contribution in [0.2, 0.25) is 0 Å². The average Bonchev–Trinajstić information content (AvgIpc) is 3.30. The molecule has 1 aliphatic rings. The Kier molecular flexibility index (Phi) is 5.66. The van der Waals surface area contributed by atoms with Crippen LogP contribution in [-0.4, -0.2) is 78.4 Å². The second-order valence-corrected chi connectivity index (χ2v) is 7.44. The van der Waals surface area contributed by atoms with E-state index < -0.39 is 0 Å². The van der Waals surface area contributed by atoms with E-state index in [1.165, 1.54) is 12.0 Å². The van der Waals surface area contributed by atoms with Crippen molar-refractivity contribution in [3.63, 3.8) is 0 Å². The van der Waals surface area contributed by atoms with E-state index in [0.717, 1.165) is 57.1 Å². The number of tetrazole rings is 1. The smallest absolute Gasteiger partial charge is 0.253 e. The van der Waals surface area contributed by atoms with Crippen LogP contribution in [0, 0.1) is 13.8 Å². The number of aromatic nitrogens is 6. The standard InChI is InChI=1S/C20H26N8O/c1-16-13-17(2)27(22-16)12-10-25-7-4-8-26(11-9-25)20(29)18-5-3-6-19(14-18)28-15-21-23-24-28/h3,5-6,13-15H,4,7-12H2,1-2H3. The van der Waals surface area contributed by atoms with Gasteiger partial charge in [0.05, 0.1) is 17.9 Å². The highest BCUT2D eigenvalue weighted by atomic mass is 16.2. The first-order valence-electron chi connectivity index (χ1n) is 9.96. The van der Waals surface area contributed by atoms with Crippen LogP contribution in [0.1, 0.15) is 28.2 Å². The molecule has 1 saturated heterocycles. The molecule has 3 aromatic rings. The van der Waals surface area contributed by atoms with E-state index in [9.17, 15) is 4.79 Å². The van der Waals surface area contributed by atoms with Gasteiger partial charge >= 0.3 is 0 Å². The number of aryl methyl sites for hydroxylation is 2. The summed E-state index contributed by atoms with van der Waals surface area (Å²) in [6, 6.07) is 9.54. The lowest BCUT2D eigenvalue weighted by Gasteiger charge is -2.22. The van der Waals surface area contributed by atoms with Crippen LogP contribution in [0.3, 0.4) is 0 Å². The van der Waals surface area contributed by atoms with Crippen LogP contribution in [-0.2, 0) is 6.54 Å². The molecule has 1 amide bonds. The Labute approximate surface area is 169 Å². The van der Waals surface area contributed by atoms with E-state index >= 15 is 0 Å². The highest BCUT2D eigenvalue weighted by Crippen LogP contribution is 2.13. The van der Waals surface area contributed by atoms with E-state index in [-0.39, 0.29) is 5.91 Å². The van der Waals surface area contributed by atoms with Gasteiger partial charge in [-0.2, -0.15) is 5.10 Å². The van der Waals surface area contributed by atoms with E-state index in [2.05, 4.69) is 43.2 Å². The van der Waals surface area contributed by atoms with Gasteiger partial charge in [0.2, 0.25) is 0 Å². The van der Waals surface area contributed by atoms with Crippen LogP contribution in [0.4, 0.5) is 0 Å². The lowest BCUT2D eigenvalue weighted by atomic mass is 10.1. The summed E-state index contributed by atoms with van der Waals surface area (Å²) >= 11 is 0. The molecule has 152 valence electrons. The number of carbonyl (C=O) groups is 1. The molecule has 0 spiro atoms. The van der Waals surface area contributed by atoms with Gasteiger partial charge < -0.3 is 4.90 Å². The molecule has 0 unspecified atom stereocenters. The molecule has 3 heterocycles. The Morgan fingerprint density at radius 1 is 1.07 bits per heavy atom. The molecular formula is C20H26N8O. The van der Waals surface area contributed by atoms with Gasteiger partial charge in [-0.15, -0.1) is 5.10 Å². The van der Waals surface area contributed by atoms with Crippen molar-refractivity contribution < 1.29 is 4.79 Å². The Balaban J connectivity index is 1.36. The highest BCUT2D eigenvalue weighted by Gasteiger charge is 2.21. The van der Waals surface area contributed by atoms with Crippen molar-refractivity contribution >= 4 is 5.91 Å². The normalized spacial score (nSPS) is 15.4. The lowest BCUT2D eigenvalue weighted by Crippen LogP contribution is -2.36. The van der Waals surface area contributed by atoms with Crippen molar-refractivity contribution in [1.82, 2.24) is 39.8 Å².